The average Bonchev–Trinajstić information content (AvgIpc) is 3.01. The van der Waals surface area contributed by atoms with Crippen molar-refractivity contribution in [3.8, 4) is 5.75 Å². The molecule has 0 aliphatic heterocycles. The van der Waals surface area contributed by atoms with E-state index in [0.29, 0.717) is 20.7 Å². The molecule has 10 heteroatoms. The zero-order chi connectivity index (χ0) is 20.5. The van der Waals surface area contributed by atoms with Crippen molar-refractivity contribution < 1.29 is 26.9 Å². The minimum Gasteiger partial charge on any atom is -0.406 e. The number of rotatable bonds is 5. The third kappa shape index (κ3) is 4.87. The van der Waals surface area contributed by atoms with Crippen molar-refractivity contribution in [2.75, 3.05) is 5.32 Å². The predicted molar refractivity (Wildman–Crippen MR) is 102 cm³/mol. The van der Waals surface area contributed by atoms with E-state index in [-0.39, 0.29) is 16.1 Å². The third-order valence-corrected chi connectivity index (χ3v) is 6.12. The summed E-state index contributed by atoms with van der Waals surface area (Å²) in [4.78, 5) is 17.2. The summed E-state index contributed by atoms with van der Waals surface area (Å²) < 4.78 is 53.3. The van der Waals surface area contributed by atoms with Crippen LogP contribution in [0.5, 0.6) is 5.75 Å². The Hall–Kier alpha value is -2.46. The number of fused-ring (bicyclic) bond motifs is 1. The summed E-state index contributed by atoms with van der Waals surface area (Å²) >= 11 is 1.03. The molecule has 1 atom stereocenters. The van der Waals surface area contributed by atoms with Crippen LogP contribution in [-0.2, 0) is 10.8 Å². The highest BCUT2D eigenvalue weighted by molar-refractivity contribution is 7.85. The van der Waals surface area contributed by atoms with E-state index in [9.17, 15) is 22.2 Å². The molecule has 1 N–H and O–H groups in total. The third-order valence-electron chi connectivity index (χ3n) is 3.59. The molecule has 1 heterocycles. The number of aromatic nitrogens is 1. The van der Waals surface area contributed by atoms with Crippen LogP contribution in [0.4, 0.5) is 18.3 Å². The molecule has 148 valence electrons. The van der Waals surface area contributed by atoms with Gasteiger partial charge in [0.15, 0.2) is 5.13 Å². The topological polar surface area (TPSA) is 68.3 Å². The molecule has 1 amide bonds. The molecule has 0 bridgehead atoms. The maximum atomic E-state index is 12.4. The van der Waals surface area contributed by atoms with Gasteiger partial charge in [0.2, 0.25) is 0 Å². The number of anilines is 1. The van der Waals surface area contributed by atoms with E-state index in [0.717, 1.165) is 17.4 Å². The van der Waals surface area contributed by atoms with Crippen LogP contribution in [0.25, 0.3) is 10.2 Å². The smallest absolute Gasteiger partial charge is 0.406 e. The number of nitrogens with one attached hydrogen (secondary N) is 1. The zero-order valence-electron chi connectivity index (χ0n) is 14.7. The monoisotopic (exact) mass is 428 g/mol. The van der Waals surface area contributed by atoms with Crippen LogP contribution in [0, 0.1) is 0 Å². The summed E-state index contributed by atoms with van der Waals surface area (Å²) in [6.07, 6.45) is -4.78. The van der Waals surface area contributed by atoms with E-state index in [1.807, 2.05) is 13.8 Å². The Kier molecular flexibility index (Phi) is 5.71. The standard InChI is InChI=1S/C18H15F3N2O3S2/c1-10(2)28(25)13-6-3-11(4-7-13)16(24)23-17-22-14-8-5-12(9-15(14)27-17)26-18(19,20)21/h3-10H,1-2H3,(H,22,23,24). The van der Waals surface area contributed by atoms with E-state index in [4.69, 9.17) is 0 Å². The lowest BCUT2D eigenvalue weighted by Crippen LogP contribution is -2.16. The van der Waals surface area contributed by atoms with E-state index in [1.54, 1.807) is 24.3 Å². The van der Waals surface area contributed by atoms with Crippen molar-refractivity contribution in [3.63, 3.8) is 0 Å². The van der Waals surface area contributed by atoms with Gasteiger partial charge in [-0.15, -0.1) is 13.2 Å². The number of nitrogens with zero attached hydrogens (tertiary/aromatic N) is 1. The fourth-order valence-corrected chi connectivity index (χ4v) is 4.18. The van der Waals surface area contributed by atoms with E-state index < -0.39 is 23.1 Å². The van der Waals surface area contributed by atoms with Gasteiger partial charge in [0.05, 0.1) is 21.0 Å². The number of amides is 1. The Morgan fingerprint density at radius 3 is 2.46 bits per heavy atom. The van der Waals surface area contributed by atoms with Crippen LogP contribution in [0.15, 0.2) is 47.4 Å². The molecule has 0 spiro atoms. The molecule has 0 saturated heterocycles. The SMILES string of the molecule is CC(C)S(=O)c1ccc(C(=O)Nc2nc3ccc(OC(F)(F)F)cc3s2)cc1. The van der Waals surface area contributed by atoms with Crippen molar-refractivity contribution in [2.45, 2.75) is 30.4 Å². The first-order valence-electron chi connectivity index (χ1n) is 8.11. The Morgan fingerprint density at radius 1 is 1.18 bits per heavy atom. The van der Waals surface area contributed by atoms with Crippen LogP contribution in [0.3, 0.4) is 0 Å². The second-order valence-corrected chi connectivity index (χ2v) is 9.06. The molecule has 0 radical (unpaired) electrons. The summed E-state index contributed by atoms with van der Waals surface area (Å²) in [7, 11) is -1.15. The minimum atomic E-state index is -4.78. The molecule has 2 aromatic carbocycles. The van der Waals surface area contributed by atoms with Crippen LogP contribution >= 0.6 is 11.3 Å². The first-order valence-corrected chi connectivity index (χ1v) is 10.1. The van der Waals surface area contributed by atoms with E-state index in [2.05, 4.69) is 15.0 Å². The van der Waals surface area contributed by atoms with Gasteiger partial charge in [0.1, 0.15) is 5.75 Å². The Bertz CT molecular complexity index is 1030. The van der Waals surface area contributed by atoms with E-state index >= 15 is 0 Å². The van der Waals surface area contributed by atoms with Gasteiger partial charge in [-0.2, -0.15) is 0 Å². The zero-order valence-corrected chi connectivity index (χ0v) is 16.4. The largest absolute Gasteiger partial charge is 0.573 e. The quantitative estimate of drug-likeness (QED) is 0.624. The summed E-state index contributed by atoms with van der Waals surface area (Å²) in [6.45, 7) is 3.68. The van der Waals surface area contributed by atoms with Crippen molar-refractivity contribution in [3.05, 3.63) is 48.0 Å². The molecule has 0 aliphatic carbocycles. The van der Waals surface area contributed by atoms with E-state index in [1.165, 1.54) is 12.1 Å². The molecule has 0 fully saturated rings. The number of ether oxygens (including phenoxy) is 1. The molecule has 0 saturated carbocycles. The fourth-order valence-electron chi connectivity index (χ4n) is 2.34. The second kappa shape index (κ2) is 7.88. The van der Waals surface area contributed by atoms with Gasteiger partial charge in [0.25, 0.3) is 5.91 Å². The molecule has 5 nitrogen and oxygen atoms in total. The minimum absolute atomic E-state index is 0.0337. The first-order chi connectivity index (χ1) is 13.1. The number of alkyl halides is 3. The molecular weight excluding hydrogens is 413 g/mol. The predicted octanol–water partition coefficient (Wildman–Crippen LogP) is 4.96. The van der Waals surface area contributed by atoms with Gasteiger partial charge in [0, 0.05) is 21.8 Å². The van der Waals surface area contributed by atoms with Crippen LogP contribution in [-0.4, -0.2) is 26.7 Å². The van der Waals surface area contributed by atoms with Gasteiger partial charge in [-0.3, -0.25) is 14.3 Å². The number of hydrogen-bond acceptors (Lipinski definition) is 5. The normalized spacial score (nSPS) is 12.9. The molecule has 3 aromatic rings. The van der Waals surface area contributed by atoms with Gasteiger partial charge in [-0.25, -0.2) is 4.98 Å². The Labute approximate surface area is 165 Å². The number of carbonyl (C=O) groups excluding carboxylic acids is 1. The maximum Gasteiger partial charge on any atom is 0.573 e. The molecule has 3 rings (SSSR count). The molecule has 0 aliphatic rings. The number of thiazole rings is 1. The number of carbonyl (C=O) groups is 1. The van der Waals surface area contributed by atoms with Crippen LogP contribution < -0.4 is 10.1 Å². The Balaban J connectivity index is 1.75. The molecule has 1 unspecified atom stereocenters. The average molecular weight is 428 g/mol. The van der Waals surface area contributed by atoms with Crippen molar-refractivity contribution >= 4 is 43.4 Å². The number of benzene rings is 2. The Morgan fingerprint density at radius 2 is 1.86 bits per heavy atom. The fraction of sp³-hybridized carbons (Fsp3) is 0.222. The first kappa shape index (κ1) is 20.3. The van der Waals surface area contributed by atoms with Gasteiger partial charge in [-0.1, -0.05) is 25.2 Å². The number of hydrogen-bond donors (Lipinski definition) is 1. The van der Waals surface area contributed by atoms with Gasteiger partial charge in [-0.05, 0) is 36.4 Å². The lowest BCUT2D eigenvalue weighted by atomic mass is 10.2. The molecular formula is C18H15F3N2O3S2. The van der Waals surface area contributed by atoms with Crippen LogP contribution in [0.1, 0.15) is 24.2 Å². The van der Waals surface area contributed by atoms with Crippen molar-refractivity contribution in [1.82, 2.24) is 4.98 Å². The highest BCUT2D eigenvalue weighted by atomic mass is 32.2. The summed E-state index contributed by atoms with van der Waals surface area (Å²) in [6, 6.07) is 10.1. The summed E-state index contributed by atoms with van der Waals surface area (Å²) in [5.74, 6) is -0.775. The maximum absolute atomic E-state index is 12.4. The summed E-state index contributed by atoms with van der Waals surface area (Å²) in [5, 5.41) is 2.83. The highest BCUT2D eigenvalue weighted by Gasteiger charge is 2.31. The van der Waals surface area contributed by atoms with Gasteiger partial charge >= 0.3 is 6.36 Å². The highest BCUT2D eigenvalue weighted by Crippen LogP contribution is 2.31. The molecule has 28 heavy (non-hydrogen) atoms. The number of halogens is 3. The summed E-state index contributed by atoms with van der Waals surface area (Å²) in [5.41, 5.74) is 0.794. The van der Waals surface area contributed by atoms with Crippen molar-refractivity contribution in [2.24, 2.45) is 0 Å². The van der Waals surface area contributed by atoms with Gasteiger partial charge < -0.3 is 4.74 Å². The lowest BCUT2D eigenvalue weighted by Gasteiger charge is -2.07. The van der Waals surface area contributed by atoms with Crippen molar-refractivity contribution in [1.29, 1.82) is 0 Å². The molecule has 1 aromatic heterocycles. The lowest BCUT2D eigenvalue weighted by molar-refractivity contribution is -0.274. The van der Waals surface area contributed by atoms with Crippen LogP contribution in [0.2, 0.25) is 0 Å². The second-order valence-electron chi connectivity index (χ2n) is 6.02.